The molecule has 0 atom stereocenters. The summed E-state index contributed by atoms with van der Waals surface area (Å²) in [6, 6.07) is 1.75. The van der Waals surface area contributed by atoms with Gasteiger partial charge in [-0.1, -0.05) is 0 Å². The van der Waals surface area contributed by atoms with Crippen LogP contribution in [0.2, 0.25) is 0 Å². The van der Waals surface area contributed by atoms with E-state index < -0.39 is 36.8 Å². The van der Waals surface area contributed by atoms with Crippen LogP contribution in [-0.2, 0) is 4.74 Å². The predicted molar refractivity (Wildman–Crippen MR) is 52.2 cm³/mol. The third kappa shape index (κ3) is 2.00. The lowest BCUT2D eigenvalue weighted by Gasteiger charge is -2.50. The number of pyridine rings is 1. The quantitative estimate of drug-likeness (QED) is 0.607. The number of hydrogen-bond acceptors (Lipinski definition) is 3. The number of rotatable bonds is 2. The minimum absolute atomic E-state index is 0.0110. The second kappa shape index (κ2) is 4.04. The summed E-state index contributed by atoms with van der Waals surface area (Å²) in [4.78, 5) is 4.04. The maximum absolute atomic E-state index is 12.8. The van der Waals surface area contributed by atoms with Gasteiger partial charge in [0.25, 0.3) is 0 Å². The molecule has 1 aromatic heterocycles. The predicted octanol–water partition coefficient (Wildman–Crippen LogP) is 2.13. The summed E-state index contributed by atoms with van der Waals surface area (Å²) in [5.74, 6) is -2.15. The Morgan fingerprint density at radius 1 is 1.22 bits per heavy atom. The molecule has 0 N–H and O–H groups in total. The van der Waals surface area contributed by atoms with Gasteiger partial charge in [0.15, 0.2) is 5.60 Å². The van der Waals surface area contributed by atoms with Crippen molar-refractivity contribution in [2.45, 2.75) is 11.8 Å². The molecule has 1 aliphatic rings. The van der Waals surface area contributed by atoms with Crippen molar-refractivity contribution in [1.82, 2.24) is 4.98 Å². The minimum atomic E-state index is -4.53. The van der Waals surface area contributed by atoms with E-state index in [1.807, 2.05) is 0 Å². The van der Waals surface area contributed by atoms with Gasteiger partial charge in [-0.3, -0.25) is 0 Å². The molecule has 1 fully saturated rings. The number of alkyl halides is 3. The highest BCUT2D eigenvalue weighted by Gasteiger charge is 2.62. The van der Waals surface area contributed by atoms with Gasteiger partial charge in [0.05, 0.1) is 13.1 Å². The second-order valence-corrected chi connectivity index (χ2v) is 4.02. The molecule has 0 aromatic carbocycles. The van der Waals surface area contributed by atoms with Crippen molar-refractivity contribution in [3.8, 4) is 0 Å². The van der Waals surface area contributed by atoms with E-state index in [0.717, 1.165) is 19.2 Å². The van der Waals surface area contributed by atoms with Crippen LogP contribution in [0.15, 0.2) is 12.1 Å². The van der Waals surface area contributed by atoms with E-state index in [1.54, 1.807) is 0 Å². The van der Waals surface area contributed by atoms with Gasteiger partial charge in [-0.2, -0.15) is 26.9 Å². The minimum Gasteiger partial charge on any atom is -0.365 e. The second-order valence-electron chi connectivity index (χ2n) is 4.02. The van der Waals surface area contributed by atoms with Gasteiger partial charge < -0.3 is 9.64 Å². The van der Waals surface area contributed by atoms with E-state index in [0.29, 0.717) is 0 Å². The lowest BCUT2D eigenvalue weighted by molar-refractivity contribution is -0.277. The summed E-state index contributed by atoms with van der Waals surface area (Å²) in [6.45, 7) is -1.01. The van der Waals surface area contributed by atoms with Crippen molar-refractivity contribution in [1.29, 1.82) is 0 Å². The molecule has 2 rings (SSSR count). The Bertz CT molecular complexity index is 436. The highest BCUT2D eigenvalue weighted by atomic mass is 19.4. The van der Waals surface area contributed by atoms with Gasteiger partial charge in [0.1, 0.15) is 0 Å². The number of nitrogens with zero attached hydrogens (tertiary/aromatic N) is 2. The standard InChI is InChI=1S/C10H9F5N2O/c1-18-9(10(13,14)15)4-17(5-9)6-2-7(11)16-8(12)3-6/h2-3H,4-5H2,1H3. The smallest absolute Gasteiger partial charge is 0.365 e. The van der Waals surface area contributed by atoms with E-state index in [4.69, 9.17) is 0 Å². The maximum atomic E-state index is 12.8. The molecule has 100 valence electrons. The van der Waals surface area contributed by atoms with Crippen molar-refractivity contribution in [3.05, 3.63) is 24.0 Å². The lowest BCUT2D eigenvalue weighted by Crippen LogP contribution is -2.70. The summed E-state index contributed by atoms with van der Waals surface area (Å²) in [5, 5.41) is 0. The summed E-state index contributed by atoms with van der Waals surface area (Å²) in [5.41, 5.74) is -2.26. The molecule has 1 aromatic rings. The summed E-state index contributed by atoms with van der Waals surface area (Å²) < 4.78 is 68.2. The Kier molecular flexibility index (Phi) is 2.92. The number of ether oxygens (including phenoxy) is 1. The average molecular weight is 268 g/mol. The van der Waals surface area contributed by atoms with Crippen LogP contribution in [0, 0.1) is 11.9 Å². The summed E-state index contributed by atoms with van der Waals surface area (Å²) in [6.07, 6.45) is -4.53. The fourth-order valence-corrected chi connectivity index (χ4v) is 1.81. The van der Waals surface area contributed by atoms with Gasteiger partial charge in [-0.25, -0.2) is 0 Å². The Hall–Kier alpha value is -1.44. The molecule has 2 heterocycles. The molecular formula is C10H9F5N2O. The molecule has 0 saturated carbocycles. The molecule has 0 amide bonds. The van der Waals surface area contributed by atoms with E-state index in [-0.39, 0.29) is 5.69 Å². The first kappa shape index (κ1) is 13.0. The Labute approximate surface area is 99.2 Å². The molecule has 3 nitrogen and oxygen atoms in total. The largest absolute Gasteiger partial charge is 0.420 e. The Morgan fingerprint density at radius 2 is 1.72 bits per heavy atom. The Balaban J connectivity index is 2.17. The zero-order chi connectivity index (χ0) is 13.6. The van der Waals surface area contributed by atoms with Crippen molar-refractivity contribution in [2.24, 2.45) is 0 Å². The molecule has 1 aliphatic heterocycles. The van der Waals surface area contributed by atoms with Crippen LogP contribution in [0.1, 0.15) is 0 Å². The number of hydrogen-bond donors (Lipinski definition) is 0. The van der Waals surface area contributed by atoms with Crippen LogP contribution in [0.4, 0.5) is 27.6 Å². The molecule has 0 unspecified atom stereocenters. The number of methoxy groups -OCH3 is 1. The molecular weight excluding hydrogens is 259 g/mol. The normalized spacial score (nSPS) is 18.7. The average Bonchev–Trinajstić information content (AvgIpc) is 2.12. The Morgan fingerprint density at radius 3 is 2.11 bits per heavy atom. The SMILES string of the molecule is COC1(C(F)(F)F)CN(c2cc(F)nc(F)c2)C1. The van der Waals surface area contributed by atoms with Gasteiger partial charge in [-0.05, 0) is 0 Å². The number of aromatic nitrogens is 1. The van der Waals surface area contributed by atoms with Crippen LogP contribution in [0.5, 0.6) is 0 Å². The van der Waals surface area contributed by atoms with Gasteiger partial charge >= 0.3 is 6.18 Å². The van der Waals surface area contributed by atoms with Crippen LogP contribution in [-0.4, -0.2) is 37.0 Å². The van der Waals surface area contributed by atoms with Crippen LogP contribution < -0.4 is 4.90 Å². The zero-order valence-corrected chi connectivity index (χ0v) is 9.26. The van der Waals surface area contributed by atoms with Gasteiger partial charge in [0, 0.05) is 24.9 Å². The van der Waals surface area contributed by atoms with Crippen molar-refractivity contribution in [2.75, 3.05) is 25.1 Å². The third-order valence-corrected chi connectivity index (χ3v) is 2.91. The third-order valence-electron chi connectivity index (χ3n) is 2.91. The first-order valence-corrected chi connectivity index (χ1v) is 4.97. The summed E-state index contributed by atoms with van der Waals surface area (Å²) >= 11 is 0. The van der Waals surface area contributed by atoms with Gasteiger partial charge in [0.2, 0.25) is 11.9 Å². The molecule has 0 radical (unpaired) electrons. The van der Waals surface area contributed by atoms with Crippen LogP contribution in [0.25, 0.3) is 0 Å². The van der Waals surface area contributed by atoms with E-state index in [1.165, 1.54) is 4.90 Å². The van der Waals surface area contributed by atoms with E-state index in [2.05, 4.69) is 9.72 Å². The first-order valence-electron chi connectivity index (χ1n) is 4.97. The van der Waals surface area contributed by atoms with Crippen LogP contribution >= 0.6 is 0 Å². The molecule has 8 heteroatoms. The van der Waals surface area contributed by atoms with E-state index >= 15 is 0 Å². The molecule has 0 aliphatic carbocycles. The fourth-order valence-electron chi connectivity index (χ4n) is 1.81. The summed E-state index contributed by atoms with van der Waals surface area (Å²) in [7, 11) is 0.957. The number of anilines is 1. The van der Waals surface area contributed by atoms with E-state index in [9.17, 15) is 22.0 Å². The van der Waals surface area contributed by atoms with Crippen LogP contribution in [0.3, 0.4) is 0 Å². The maximum Gasteiger partial charge on any atom is 0.420 e. The fraction of sp³-hybridized carbons (Fsp3) is 0.500. The lowest BCUT2D eigenvalue weighted by atomic mass is 9.92. The molecule has 1 saturated heterocycles. The monoisotopic (exact) mass is 268 g/mol. The molecule has 0 bridgehead atoms. The topological polar surface area (TPSA) is 25.4 Å². The molecule has 18 heavy (non-hydrogen) atoms. The van der Waals surface area contributed by atoms with Crippen molar-refractivity contribution in [3.63, 3.8) is 0 Å². The van der Waals surface area contributed by atoms with Crippen molar-refractivity contribution < 1.29 is 26.7 Å². The van der Waals surface area contributed by atoms with Gasteiger partial charge in [-0.15, -0.1) is 0 Å². The highest BCUT2D eigenvalue weighted by Crippen LogP contribution is 2.42. The highest BCUT2D eigenvalue weighted by molar-refractivity contribution is 5.50. The zero-order valence-electron chi connectivity index (χ0n) is 9.26. The first-order chi connectivity index (χ1) is 8.27. The molecule has 0 spiro atoms. The number of halogens is 5. The van der Waals surface area contributed by atoms with Crippen molar-refractivity contribution >= 4 is 5.69 Å².